The Balaban J connectivity index is 1.87. The van der Waals surface area contributed by atoms with Crippen molar-refractivity contribution in [2.75, 3.05) is 0 Å². The molecule has 0 aliphatic heterocycles. The first kappa shape index (κ1) is 20.1. The Morgan fingerprint density at radius 2 is 1.25 bits per heavy atom. The third kappa shape index (κ3) is 7.36. The van der Waals surface area contributed by atoms with Crippen LogP contribution in [0.15, 0.2) is 60.7 Å². The molecule has 2 aromatic carbocycles. The summed E-state index contributed by atoms with van der Waals surface area (Å²) in [5.74, 6) is 15.3. The first-order valence-electron chi connectivity index (χ1n) is 8.28. The molecule has 0 fully saturated rings. The van der Waals surface area contributed by atoms with Gasteiger partial charge in [0.15, 0.2) is 0 Å². The summed E-state index contributed by atoms with van der Waals surface area (Å²) < 4.78 is 10.2. The van der Waals surface area contributed by atoms with Crippen LogP contribution in [-0.4, -0.2) is 11.9 Å². The monoisotopic (exact) mass is 368 g/mol. The molecule has 4 heteroatoms. The predicted octanol–water partition coefficient (Wildman–Crippen LogP) is 3.44. The SMILES string of the molecule is CC#CC#CC#Cc1ccc(OC(=O)/C=C\C(=O)Oc2ccc(C)cc2)cc1. The van der Waals surface area contributed by atoms with Gasteiger partial charge in [0, 0.05) is 17.7 Å². The van der Waals surface area contributed by atoms with Gasteiger partial charge in [-0.1, -0.05) is 29.5 Å². The second kappa shape index (κ2) is 10.7. The maximum Gasteiger partial charge on any atom is 0.336 e. The first-order valence-corrected chi connectivity index (χ1v) is 8.28. The Bertz CT molecular complexity index is 1060. The Hall–Kier alpha value is -4.20. The molecule has 0 aliphatic rings. The molecule has 0 amide bonds. The van der Waals surface area contributed by atoms with Crippen molar-refractivity contribution >= 4 is 11.9 Å². The number of aryl methyl sites for hydroxylation is 1. The topological polar surface area (TPSA) is 52.6 Å². The van der Waals surface area contributed by atoms with Crippen molar-refractivity contribution in [3.05, 3.63) is 71.8 Å². The van der Waals surface area contributed by atoms with E-state index in [1.54, 1.807) is 43.3 Å². The van der Waals surface area contributed by atoms with E-state index in [4.69, 9.17) is 9.47 Å². The normalized spacial score (nSPS) is 9.07. The molecule has 0 saturated carbocycles. The smallest absolute Gasteiger partial charge is 0.336 e. The Morgan fingerprint density at radius 3 is 1.79 bits per heavy atom. The van der Waals surface area contributed by atoms with Crippen LogP contribution in [0.5, 0.6) is 11.5 Å². The van der Waals surface area contributed by atoms with Crippen molar-refractivity contribution in [2.45, 2.75) is 13.8 Å². The average molecular weight is 368 g/mol. The summed E-state index contributed by atoms with van der Waals surface area (Å²) >= 11 is 0. The molecular formula is C24H16O4. The Labute approximate surface area is 164 Å². The second-order valence-electron chi connectivity index (χ2n) is 5.39. The fraction of sp³-hybridized carbons (Fsp3) is 0.0833. The summed E-state index contributed by atoms with van der Waals surface area (Å²) in [5, 5.41) is 0. The highest BCUT2D eigenvalue weighted by atomic mass is 16.5. The molecular weight excluding hydrogens is 352 g/mol. The minimum absolute atomic E-state index is 0.329. The molecule has 2 aromatic rings. The largest absolute Gasteiger partial charge is 0.423 e. The number of rotatable bonds is 4. The van der Waals surface area contributed by atoms with Gasteiger partial charge in [0.05, 0.1) is 0 Å². The van der Waals surface area contributed by atoms with Crippen LogP contribution in [0, 0.1) is 42.4 Å². The van der Waals surface area contributed by atoms with Crippen LogP contribution in [-0.2, 0) is 9.59 Å². The maximum absolute atomic E-state index is 11.8. The van der Waals surface area contributed by atoms with Crippen molar-refractivity contribution < 1.29 is 19.1 Å². The lowest BCUT2D eigenvalue weighted by atomic mass is 10.2. The van der Waals surface area contributed by atoms with Gasteiger partial charge in [0.25, 0.3) is 0 Å². The van der Waals surface area contributed by atoms with Crippen LogP contribution in [0.2, 0.25) is 0 Å². The summed E-state index contributed by atoms with van der Waals surface area (Å²) in [5.41, 5.74) is 1.77. The average Bonchev–Trinajstić information content (AvgIpc) is 2.69. The molecule has 0 aromatic heterocycles. The molecule has 0 saturated heterocycles. The predicted molar refractivity (Wildman–Crippen MR) is 106 cm³/mol. The molecule has 0 spiro atoms. The lowest BCUT2D eigenvalue weighted by Gasteiger charge is -2.02. The zero-order valence-electron chi connectivity index (χ0n) is 15.4. The first-order chi connectivity index (χ1) is 13.6. The fourth-order valence-corrected chi connectivity index (χ4v) is 1.88. The van der Waals surface area contributed by atoms with E-state index in [9.17, 15) is 9.59 Å². The molecule has 136 valence electrons. The highest BCUT2D eigenvalue weighted by Gasteiger charge is 2.04. The summed E-state index contributed by atoms with van der Waals surface area (Å²) in [4.78, 5) is 23.5. The van der Waals surface area contributed by atoms with Gasteiger partial charge in [-0.25, -0.2) is 9.59 Å². The van der Waals surface area contributed by atoms with Gasteiger partial charge < -0.3 is 9.47 Å². The quantitative estimate of drug-likeness (QED) is 0.359. The standard InChI is InChI=1S/C24H16O4/c1-3-4-5-6-7-8-20-11-15-22(16-12-20)28-24(26)18-17-23(25)27-21-13-9-19(2)10-14-21/h9-18H,1-2H3/b18-17-. The second-order valence-corrected chi connectivity index (χ2v) is 5.39. The highest BCUT2D eigenvalue weighted by molar-refractivity contribution is 5.93. The van der Waals surface area contributed by atoms with Crippen LogP contribution in [0.25, 0.3) is 0 Å². The van der Waals surface area contributed by atoms with E-state index in [2.05, 4.69) is 35.5 Å². The third-order valence-electron chi connectivity index (χ3n) is 3.19. The minimum atomic E-state index is -0.691. The molecule has 0 radical (unpaired) electrons. The zero-order valence-corrected chi connectivity index (χ0v) is 15.4. The van der Waals surface area contributed by atoms with Crippen LogP contribution in [0.4, 0.5) is 0 Å². The summed E-state index contributed by atoms with van der Waals surface area (Å²) in [6.07, 6.45) is 2.02. The van der Waals surface area contributed by atoms with Gasteiger partial charge in [0.2, 0.25) is 0 Å². The summed E-state index contributed by atoms with van der Waals surface area (Å²) in [7, 11) is 0. The maximum atomic E-state index is 11.8. The van der Waals surface area contributed by atoms with Crippen molar-refractivity contribution in [3.8, 4) is 47.0 Å². The van der Waals surface area contributed by atoms with Crippen LogP contribution in [0.1, 0.15) is 18.1 Å². The van der Waals surface area contributed by atoms with E-state index in [0.717, 1.165) is 23.3 Å². The van der Waals surface area contributed by atoms with E-state index in [1.165, 1.54) is 0 Å². The molecule has 4 nitrogen and oxygen atoms in total. The fourth-order valence-electron chi connectivity index (χ4n) is 1.88. The number of carbonyl (C=O) groups excluding carboxylic acids is 2. The van der Waals surface area contributed by atoms with Gasteiger partial charge in [-0.05, 0) is 73.9 Å². The number of carbonyl (C=O) groups is 2. The Kier molecular flexibility index (Phi) is 7.70. The minimum Gasteiger partial charge on any atom is -0.423 e. The summed E-state index contributed by atoms with van der Waals surface area (Å²) in [6.45, 7) is 3.63. The number of esters is 2. The molecule has 0 atom stereocenters. The zero-order chi connectivity index (χ0) is 20.2. The molecule has 0 N–H and O–H groups in total. The van der Waals surface area contributed by atoms with Crippen molar-refractivity contribution in [1.82, 2.24) is 0 Å². The van der Waals surface area contributed by atoms with Crippen molar-refractivity contribution in [3.63, 3.8) is 0 Å². The lowest BCUT2D eigenvalue weighted by molar-refractivity contribution is -0.131. The van der Waals surface area contributed by atoms with Gasteiger partial charge in [-0.3, -0.25) is 0 Å². The number of ether oxygens (including phenoxy) is 2. The number of benzene rings is 2. The third-order valence-corrected chi connectivity index (χ3v) is 3.19. The van der Waals surface area contributed by atoms with E-state index >= 15 is 0 Å². The van der Waals surface area contributed by atoms with E-state index in [1.807, 2.05) is 19.1 Å². The number of hydrogen-bond donors (Lipinski definition) is 0. The van der Waals surface area contributed by atoms with Crippen LogP contribution in [0.3, 0.4) is 0 Å². The van der Waals surface area contributed by atoms with Gasteiger partial charge in [-0.2, -0.15) is 0 Å². The van der Waals surface area contributed by atoms with Gasteiger partial charge >= 0.3 is 11.9 Å². The van der Waals surface area contributed by atoms with Crippen LogP contribution < -0.4 is 9.47 Å². The van der Waals surface area contributed by atoms with Crippen molar-refractivity contribution in [2.24, 2.45) is 0 Å². The molecule has 0 unspecified atom stereocenters. The lowest BCUT2D eigenvalue weighted by Crippen LogP contribution is -2.08. The molecule has 0 heterocycles. The van der Waals surface area contributed by atoms with E-state index < -0.39 is 11.9 Å². The van der Waals surface area contributed by atoms with E-state index in [-0.39, 0.29) is 0 Å². The van der Waals surface area contributed by atoms with Gasteiger partial charge in [-0.15, -0.1) is 0 Å². The molecule has 2 rings (SSSR count). The Morgan fingerprint density at radius 1 is 0.750 bits per heavy atom. The number of hydrogen-bond acceptors (Lipinski definition) is 4. The molecule has 0 bridgehead atoms. The van der Waals surface area contributed by atoms with E-state index in [0.29, 0.717) is 11.5 Å². The highest BCUT2D eigenvalue weighted by Crippen LogP contribution is 2.13. The molecule has 0 aliphatic carbocycles. The van der Waals surface area contributed by atoms with Crippen LogP contribution >= 0.6 is 0 Å². The summed E-state index contributed by atoms with van der Waals surface area (Å²) in [6, 6.07) is 13.6. The van der Waals surface area contributed by atoms with Gasteiger partial charge in [0.1, 0.15) is 11.5 Å². The van der Waals surface area contributed by atoms with Crippen molar-refractivity contribution in [1.29, 1.82) is 0 Å². The molecule has 28 heavy (non-hydrogen) atoms.